The average molecular weight is 252 g/mol. The number of ether oxygens (including phenoxy) is 1. The number of hydrogen-bond acceptors (Lipinski definition) is 2. The molecule has 0 saturated carbocycles. The summed E-state index contributed by atoms with van der Waals surface area (Å²) in [7, 11) is 0. The molecule has 2 nitrogen and oxygen atoms in total. The zero-order chi connectivity index (χ0) is 13.5. The van der Waals surface area contributed by atoms with Gasteiger partial charge in [-0.3, -0.25) is 4.79 Å². The number of hydrogen-bond donors (Lipinski definition) is 0. The lowest BCUT2D eigenvalue weighted by molar-refractivity contribution is -0.135. The van der Waals surface area contributed by atoms with Crippen molar-refractivity contribution < 1.29 is 9.53 Å². The molecule has 0 bridgehead atoms. The third-order valence-corrected chi connectivity index (χ3v) is 2.86. The highest BCUT2D eigenvalue weighted by atomic mass is 16.5. The Morgan fingerprint density at radius 3 is 2.11 bits per heavy atom. The molecule has 2 heteroatoms. The van der Waals surface area contributed by atoms with Crippen molar-refractivity contribution in [2.24, 2.45) is 0 Å². The van der Waals surface area contributed by atoms with Crippen molar-refractivity contribution in [2.45, 2.75) is 78.1 Å². The van der Waals surface area contributed by atoms with E-state index in [9.17, 15) is 4.79 Å². The normalized spacial score (nSPS) is 9.67. The van der Waals surface area contributed by atoms with Gasteiger partial charge >= 0.3 is 5.97 Å². The molecule has 18 heavy (non-hydrogen) atoms. The summed E-state index contributed by atoms with van der Waals surface area (Å²) in [6.07, 6.45) is 16.4. The van der Waals surface area contributed by atoms with Crippen molar-refractivity contribution >= 4 is 5.97 Å². The molecule has 0 aromatic heterocycles. The van der Waals surface area contributed by atoms with Crippen LogP contribution in [0.2, 0.25) is 0 Å². The zero-order valence-corrected chi connectivity index (χ0v) is 12.0. The highest BCUT2D eigenvalue weighted by Gasteiger charge is 1.90. The summed E-state index contributed by atoms with van der Waals surface area (Å²) < 4.78 is 4.63. The van der Waals surface area contributed by atoms with E-state index in [1.165, 1.54) is 71.0 Å². The molecule has 0 aliphatic heterocycles. The Bertz CT molecular complexity index is 250. The number of unbranched alkanes of at least 4 members (excludes halogenated alkanes) is 9. The largest absolute Gasteiger partial charge is 0.426 e. The Hall–Kier alpha value is -1.01. The Balaban J connectivity index is 3.16. The van der Waals surface area contributed by atoms with E-state index < -0.39 is 0 Å². The quantitative estimate of drug-likeness (QED) is 0.220. The van der Waals surface area contributed by atoms with E-state index in [0.29, 0.717) is 0 Å². The molecular weight excluding hydrogens is 224 g/mol. The van der Waals surface area contributed by atoms with Crippen LogP contribution < -0.4 is 0 Å². The molecule has 104 valence electrons. The van der Waals surface area contributed by atoms with E-state index in [0.717, 1.165) is 6.42 Å². The van der Waals surface area contributed by atoms with Crippen molar-refractivity contribution in [1.82, 2.24) is 0 Å². The summed E-state index contributed by atoms with van der Waals surface area (Å²) in [5.74, 6) is -0.293. The smallest absolute Gasteiger partial charge is 0.308 e. The maximum atomic E-state index is 10.4. The Morgan fingerprint density at radius 1 is 1.00 bits per heavy atom. The first-order valence-corrected chi connectivity index (χ1v) is 7.34. The Kier molecular flexibility index (Phi) is 13.3. The number of carbonyl (C=O) groups is 1. The maximum Gasteiger partial charge on any atom is 0.308 e. The summed E-state index contributed by atoms with van der Waals surface area (Å²) >= 11 is 0. The molecule has 0 unspecified atom stereocenters. The first-order chi connectivity index (χ1) is 8.77. The van der Waals surface area contributed by atoms with Gasteiger partial charge in [-0.15, -0.1) is 0 Å². The van der Waals surface area contributed by atoms with Crippen LogP contribution >= 0.6 is 0 Å². The fraction of sp³-hybridized carbons (Fsp3) is 0.750. The minimum Gasteiger partial charge on any atom is -0.426 e. The molecule has 0 amide bonds. The fourth-order valence-electron chi connectivity index (χ4n) is 1.81. The SMILES string of the molecule is CCCCCCCCCCCC=C=COC(C)=O. The van der Waals surface area contributed by atoms with Crippen molar-refractivity contribution in [3.8, 4) is 0 Å². The molecule has 0 spiro atoms. The number of carbonyl (C=O) groups excluding carboxylic acids is 1. The van der Waals surface area contributed by atoms with Gasteiger partial charge in [0.2, 0.25) is 0 Å². The van der Waals surface area contributed by atoms with Crippen molar-refractivity contribution in [1.29, 1.82) is 0 Å². The van der Waals surface area contributed by atoms with E-state index in [4.69, 9.17) is 0 Å². The van der Waals surface area contributed by atoms with Gasteiger partial charge in [0.15, 0.2) is 0 Å². The number of allylic oxidation sites excluding steroid dienone is 1. The van der Waals surface area contributed by atoms with Gasteiger partial charge in [-0.25, -0.2) is 0 Å². The van der Waals surface area contributed by atoms with Gasteiger partial charge in [0, 0.05) is 6.92 Å². The third-order valence-electron chi connectivity index (χ3n) is 2.86. The van der Waals surface area contributed by atoms with Gasteiger partial charge in [0.25, 0.3) is 0 Å². The summed E-state index contributed by atoms with van der Waals surface area (Å²) in [6, 6.07) is 0. The van der Waals surface area contributed by atoms with E-state index in [2.05, 4.69) is 17.4 Å². The Labute approximate surface area is 112 Å². The van der Waals surface area contributed by atoms with Crippen molar-refractivity contribution in [3.05, 3.63) is 18.1 Å². The standard InChI is InChI=1S/C16H28O2/c1-3-4-5-6-7-8-9-10-11-12-13-14-15-18-16(2)17/h13,15H,3-12H2,1-2H3. The van der Waals surface area contributed by atoms with Gasteiger partial charge in [-0.2, -0.15) is 0 Å². The molecule has 0 aromatic carbocycles. The summed E-state index contributed by atoms with van der Waals surface area (Å²) in [5.41, 5.74) is 2.85. The predicted octanol–water partition coefficient (Wildman–Crippen LogP) is 5.14. The number of rotatable bonds is 11. The second kappa shape index (κ2) is 14.1. The van der Waals surface area contributed by atoms with Crippen LogP contribution in [0.15, 0.2) is 18.1 Å². The molecule has 0 fully saturated rings. The van der Waals surface area contributed by atoms with Crippen LogP contribution in [0.25, 0.3) is 0 Å². The van der Waals surface area contributed by atoms with Crippen molar-refractivity contribution in [2.75, 3.05) is 0 Å². The van der Waals surface area contributed by atoms with Crippen LogP contribution in [0.4, 0.5) is 0 Å². The highest BCUT2D eigenvalue weighted by Crippen LogP contribution is 2.10. The average Bonchev–Trinajstić information content (AvgIpc) is 2.34. The second-order valence-electron chi connectivity index (χ2n) is 4.72. The minimum absolute atomic E-state index is 0.293. The van der Waals surface area contributed by atoms with Crippen LogP contribution in [0.1, 0.15) is 78.1 Å². The molecule has 0 heterocycles. The van der Waals surface area contributed by atoms with Crippen LogP contribution in [0.3, 0.4) is 0 Å². The van der Waals surface area contributed by atoms with E-state index >= 15 is 0 Å². The summed E-state index contributed by atoms with van der Waals surface area (Å²) in [6.45, 7) is 3.64. The van der Waals surface area contributed by atoms with Gasteiger partial charge in [-0.1, -0.05) is 64.0 Å². The van der Waals surface area contributed by atoms with E-state index in [1.54, 1.807) is 0 Å². The minimum atomic E-state index is -0.293. The maximum absolute atomic E-state index is 10.4. The molecule has 0 aliphatic carbocycles. The first kappa shape index (κ1) is 17.0. The first-order valence-electron chi connectivity index (χ1n) is 7.34. The topological polar surface area (TPSA) is 26.3 Å². The lowest BCUT2D eigenvalue weighted by atomic mass is 10.1. The lowest BCUT2D eigenvalue weighted by Crippen LogP contribution is -1.88. The van der Waals surface area contributed by atoms with Gasteiger partial charge in [-0.05, 0) is 18.9 Å². The van der Waals surface area contributed by atoms with Crippen LogP contribution in [0.5, 0.6) is 0 Å². The summed E-state index contributed by atoms with van der Waals surface area (Å²) in [4.78, 5) is 10.4. The molecule has 0 saturated heterocycles. The molecular formula is C16H28O2. The van der Waals surface area contributed by atoms with Crippen LogP contribution in [-0.4, -0.2) is 5.97 Å². The molecule has 0 atom stereocenters. The molecule has 0 rings (SSSR count). The molecule has 0 aliphatic rings. The van der Waals surface area contributed by atoms with E-state index in [-0.39, 0.29) is 5.97 Å². The Morgan fingerprint density at radius 2 is 1.56 bits per heavy atom. The van der Waals surface area contributed by atoms with E-state index in [1.807, 2.05) is 6.08 Å². The number of esters is 1. The predicted molar refractivity (Wildman–Crippen MR) is 76.3 cm³/mol. The zero-order valence-electron chi connectivity index (χ0n) is 12.0. The molecule has 0 N–H and O–H groups in total. The second-order valence-corrected chi connectivity index (χ2v) is 4.72. The summed E-state index contributed by atoms with van der Waals surface area (Å²) in [5, 5.41) is 0. The highest BCUT2D eigenvalue weighted by molar-refractivity contribution is 5.66. The monoisotopic (exact) mass is 252 g/mol. The third kappa shape index (κ3) is 15.0. The fourth-order valence-corrected chi connectivity index (χ4v) is 1.81. The van der Waals surface area contributed by atoms with Crippen LogP contribution in [-0.2, 0) is 9.53 Å². The van der Waals surface area contributed by atoms with Gasteiger partial charge in [0.1, 0.15) is 6.26 Å². The van der Waals surface area contributed by atoms with Gasteiger partial charge in [0.05, 0.1) is 0 Å². The molecule has 0 radical (unpaired) electrons. The van der Waals surface area contributed by atoms with Crippen LogP contribution in [0, 0.1) is 0 Å². The van der Waals surface area contributed by atoms with Crippen molar-refractivity contribution in [3.63, 3.8) is 0 Å². The molecule has 0 aromatic rings. The lowest BCUT2D eigenvalue weighted by Gasteiger charge is -2.00. The van der Waals surface area contributed by atoms with Gasteiger partial charge < -0.3 is 4.74 Å².